The number of aliphatic carboxylic acids is 1. The number of aromatic nitrogens is 2. The summed E-state index contributed by atoms with van der Waals surface area (Å²) in [5.74, 6) is -0.564. The van der Waals surface area contributed by atoms with Crippen molar-refractivity contribution in [2.75, 3.05) is 13.7 Å². The molecular formula is C20H21N3O5. The summed E-state index contributed by atoms with van der Waals surface area (Å²) in [6.45, 7) is 2.01. The zero-order valence-corrected chi connectivity index (χ0v) is 15.6. The van der Waals surface area contributed by atoms with Gasteiger partial charge >= 0.3 is 5.97 Å². The van der Waals surface area contributed by atoms with Gasteiger partial charge in [0.2, 0.25) is 0 Å². The Morgan fingerprint density at radius 3 is 2.61 bits per heavy atom. The van der Waals surface area contributed by atoms with Crippen LogP contribution in [-0.4, -0.2) is 46.5 Å². The molecule has 8 heteroatoms. The van der Waals surface area contributed by atoms with Crippen molar-refractivity contribution in [3.8, 4) is 17.1 Å². The zero-order chi connectivity index (χ0) is 20.1. The number of rotatable bonds is 8. The van der Waals surface area contributed by atoms with Gasteiger partial charge < -0.3 is 19.6 Å². The molecule has 28 heavy (non-hydrogen) atoms. The molecule has 3 rings (SSSR count). The lowest BCUT2D eigenvalue weighted by molar-refractivity contribution is -0.139. The minimum atomic E-state index is -1.13. The van der Waals surface area contributed by atoms with E-state index >= 15 is 0 Å². The van der Waals surface area contributed by atoms with Gasteiger partial charge in [0.25, 0.3) is 5.91 Å². The van der Waals surface area contributed by atoms with Gasteiger partial charge in [0, 0.05) is 26.3 Å². The van der Waals surface area contributed by atoms with E-state index in [0.717, 1.165) is 5.69 Å². The molecule has 0 aliphatic rings. The lowest BCUT2D eigenvalue weighted by Gasteiger charge is -2.13. The average Bonchev–Trinajstić information content (AvgIpc) is 3.32. The number of nitrogens with one attached hydrogen (secondary N) is 1. The molecule has 0 bridgehead atoms. The number of methoxy groups -OCH3 is 1. The first-order valence-corrected chi connectivity index (χ1v) is 8.74. The average molecular weight is 383 g/mol. The third-order valence-electron chi connectivity index (χ3n) is 4.17. The van der Waals surface area contributed by atoms with Crippen molar-refractivity contribution < 1.29 is 23.8 Å². The zero-order valence-electron chi connectivity index (χ0n) is 15.6. The number of para-hydroxylation sites is 1. The Hall–Kier alpha value is -3.39. The van der Waals surface area contributed by atoms with Crippen molar-refractivity contribution in [1.82, 2.24) is 15.1 Å². The molecule has 2 aromatic heterocycles. The topological polar surface area (TPSA) is 107 Å². The van der Waals surface area contributed by atoms with E-state index in [2.05, 4.69) is 10.4 Å². The summed E-state index contributed by atoms with van der Waals surface area (Å²) < 4.78 is 12.1. The SMILES string of the molecule is COCCC(NC(=O)c1cn(-c2ccccc2)nc1-c1ccc(C)o1)C(=O)O. The second-order valence-electron chi connectivity index (χ2n) is 6.23. The lowest BCUT2D eigenvalue weighted by Crippen LogP contribution is -2.41. The van der Waals surface area contributed by atoms with E-state index in [1.165, 1.54) is 7.11 Å². The third kappa shape index (κ3) is 4.29. The molecule has 0 saturated heterocycles. The van der Waals surface area contributed by atoms with Crippen molar-refractivity contribution in [2.45, 2.75) is 19.4 Å². The summed E-state index contributed by atoms with van der Waals surface area (Å²) >= 11 is 0. The highest BCUT2D eigenvalue weighted by atomic mass is 16.5. The number of nitrogens with zero attached hydrogens (tertiary/aromatic N) is 2. The number of carbonyl (C=O) groups excluding carboxylic acids is 1. The van der Waals surface area contributed by atoms with Crippen molar-refractivity contribution in [3.05, 3.63) is 60.0 Å². The molecule has 0 aliphatic heterocycles. The van der Waals surface area contributed by atoms with Gasteiger partial charge in [-0.25, -0.2) is 9.48 Å². The van der Waals surface area contributed by atoms with Crippen LogP contribution in [0.1, 0.15) is 22.5 Å². The van der Waals surface area contributed by atoms with Crippen molar-refractivity contribution in [1.29, 1.82) is 0 Å². The molecule has 0 spiro atoms. The summed E-state index contributed by atoms with van der Waals surface area (Å²) in [6.07, 6.45) is 1.71. The summed E-state index contributed by atoms with van der Waals surface area (Å²) in [5, 5.41) is 16.4. The van der Waals surface area contributed by atoms with E-state index in [-0.39, 0.29) is 18.6 Å². The number of ether oxygens (including phenoxy) is 1. The third-order valence-corrected chi connectivity index (χ3v) is 4.17. The molecule has 1 aromatic carbocycles. The van der Waals surface area contributed by atoms with E-state index in [1.807, 2.05) is 30.3 Å². The van der Waals surface area contributed by atoms with Gasteiger partial charge in [0.15, 0.2) is 5.76 Å². The molecule has 0 aliphatic carbocycles. The molecule has 0 saturated carbocycles. The predicted molar refractivity (Wildman–Crippen MR) is 101 cm³/mol. The first-order chi connectivity index (χ1) is 13.5. The Morgan fingerprint density at radius 2 is 2.00 bits per heavy atom. The maximum absolute atomic E-state index is 12.9. The van der Waals surface area contributed by atoms with Crippen molar-refractivity contribution >= 4 is 11.9 Å². The summed E-state index contributed by atoms with van der Waals surface area (Å²) in [7, 11) is 1.47. The molecule has 1 amide bonds. The smallest absolute Gasteiger partial charge is 0.326 e. The number of carboxylic acids is 1. The van der Waals surface area contributed by atoms with Crippen LogP contribution in [0.4, 0.5) is 0 Å². The molecule has 146 valence electrons. The Balaban J connectivity index is 1.97. The molecule has 3 aromatic rings. The van der Waals surface area contributed by atoms with Crippen molar-refractivity contribution in [2.24, 2.45) is 0 Å². The summed E-state index contributed by atoms with van der Waals surface area (Å²) in [4.78, 5) is 24.3. The molecule has 8 nitrogen and oxygen atoms in total. The van der Waals surface area contributed by atoms with Crippen LogP contribution in [0.2, 0.25) is 0 Å². The molecule has 0 fully saturated rings. The van der Waals surface area contributed by atoms with Crippen LogP contribution in [0.25, 0.3) is 17.1 Å². The monoisotopic (exact) mass is 383 g/mol. The quantitative estimate of drug-likeness (QED) is 0.619. The van der Waals surface area contributed by atoms with Crippen LogP contribution >= 0.6 is 0 Å². The molecule has 1 atom stereocenters. The van der Waals surface area contributed by atoms with Crippen LogP contribution in [0, 0.1) is 6.92 Å². The molecule has 2 N–H and O–H groups in total. The Labute approximate surface area is 161 Å². The fourth-order valence-electron chi connectivity index (χ4n) is 2.73. The van der Waals surface area contributed by atoms with Gasteiger partial charge in [0.1, 0.15) is 17.5 Å². The Bertz CT molecular complexity index is 961. The van der Waals surface area contributed by atoms with Gasteiger partial charge in [-0.2, -0.15) is 5.10 Å². The van der Waals surface area contributed by atoms with Crippen molar-refractivity contribution in [3.63, 3.8) is 0 Å². The molecule has 2 heterocycles. The largest absolute Gasteiger partial charge is 0.480 e. The number of hydrogen-bond donors (Lipinski definition) is 2. The lowest BCUT2D eigenvalue weighted by atomic mass is 10.1. The predicted octanol–water partition coefficient (Wildman–Crippen LogP) is 2.66. The van der Waals surface area contributed by atoms with Crippen LogP contribution in [0.5, 0.6) is 0 Å². The van der Waals surface area contributed by atoms with Gasteiger partial charge in [-0.15, -0.1) is 0 Å². The number of carbonyl (C=O) groups is 2. The highest BCUT2D eigenvalue weighted by molar-refractivity contribution is 6.01. The first-order valence-electron chi connectivity index (χ1n) is 8.74. The minimum absolute atomic E-state index is 0.152. The number of hydrogen-bond acceptors (Lipinski definition) is 5. The Kier molecular flexibility index (Phi) is 5.90. The number of benzene rings is 1. The maximum atomic E-state index is 12.9. The van der Waals surface area contributed by atoms with E-state index in [9.17, 15) is 14.7 Å². The van der Waals surface area contributed by atoms with Gasteiger partial charge in [-0.3, -0.25) is 4.79 Å². The van der Waals surface area contributed by atoms with Gasteiger partial charge in [-0.1, -0.05) is 18.2 Å². The number of amides is 1. The molecule has 0 radical (unpaired) electrons. The van der Waals surface area contributed by atoms with E-state index in [0.29, 0.717) is 17.2 Å². The highest BCUT2D eigenvalue weighted by Gasteiger charge is 2.25. The first kappa shape index (κ1) is 19.4. The minimum Gasteiger partial charge on any atom is -0.480 e. The van der Waals surface area contributed by atoms with E-state index in [4.69, 9.17) is 9.15 Å². The summed E-state index contributed by atoms with van der Waals surface area (Å²) in [5.41, 5.74) is 1.33. The van der Waals surface area contributed by atoms with E-state index in [1.54, 1.807) is 29.9 Å². The normalized spacial score (nSPS) is 11.9. The standard InChI is InChI=1S/C20H21N3O5/c1-13-8-9-17(28-13)18-15(12-23(22-18)14-6-4-3-5-7-14)19(24)21-16(20(25)26)10-11-27-2/h3-9,12,16H,10-11H2,1-2H3,(H,21,24)(H,25,26). The molecular weight excluding hydrogens is 362 g/mol. The van der Waals surface area contributed by atoms with Crippen LogP contribution < -0.4 is 5.32 Å². The maximum Gasteiger partial charge on any atom is 0.326 e. The van der Waals surface area contributed by atoms with Crippen LogP contribution in [0.3, 0.4) is 0 Å². The highest BCUT2D eigenvalue weighted by Crippen LogP contribution is 2.26. The van der Waals surface area contributed by atoms with Gasteiger partial charge in [-0.05, 0) is 31.2 Å². The molecule has 1 unspecified atom stereocenters. The number of carboxylic acid groups (broad SMARTS) is 1. The second-order valence-corrected chi connectivity index (χ2v) is 6.23. The van der Waals surface area contributed by atoms with E-state index < -0.39 is 17.9 Å². The fraction of sp³-hybridized carbons (Fsp3) is 0.250. The number of aryl methyl sites for hydroxylation is 1. The number of furan rings is 1. The van der Waals surface area contributed by atoms with Gasteiger partial charge in [0.05, 0.1) is 11.3 Å². The fourth-order valence-corrected chi connectivity index (χ4v) is 2.73. The summed E-state index contributed by atoms with van der Waals surface area (Å²) in [6, 6.07) is 11.7. The Morgan fingerprint density at radius 1 is 1.25 bits per heavy atom. The van der Waals surface area contributed by atoms with Crippen LogP contribution in [-0.2, 0) is 9.53 Å². The second kappa shape index (κ2) is 8.53. The van der Waals surface area contributed by atoms with Crippen LogP contribution in [0.15, 0.2) is 53.1 Å².